The van der Waals surface area contributed by atoms with Crippen molar-refractivity contribution in [1.82, 2.24) is 0 Å². The van der Waals surface area contributed by atoms with Crippen LogP contribution in [0.15, 0.2) is 53.6 Å². The van der Waals surface area contributed by atoms with Crippen molar-refractivity contribution in [2.24, 2.45) is 5.10 Å². The molecule has 0 bridgehead atoms. The second-order valence-electron chi connectivity index (χ2n) is 4.76. The van der Waals surface area contributed by atoms with Gasteiger partial charge in [-0.1, -0.05) is 12.1 Å². The highest BCUT2D eigenvalue weighted by molar-refractivity contribution is 6.00. The van der Waals surface area contributed by atoms with Crippen molar-refractivity contribution in [1.29, 1.82) is 0 Å². The predicted octanol–water partition coefficient (Wildman–Crippen LogP) is 3.01. The molecule has 0 unspecified atom stereocenters. The SMILES string of the molecule is COC(=O)c1ccc(/C(C)=N/Nc2ccc(C(=O)O)cc2)cc1. The molecule has 0 radical (unpaired) electrons. The minimum absolute atomic E-state index is 0.217. The van der Waals surface area contributed by atoms with Crippen LogP contribution >= 0.6 is 0 Å². The Bertz CT molecular complexity index is 734. The fraction of sp³-hybridized carbons (Fsp3) is 0.118. The summed E-state index contributed by atoms with van der Waals surface area (Å²) < 4.78 is 4.65. The van der Waals surface area contributed by atoms with Crippen LogP contribution in [-0.2, 0) is 4.74 Å². The van der Waals surface area contributed by atoms with E-state index in [1.807, 2.05) is 6.92 Å². The summed E-state index contributed by atoms with van der Waals surface area (Å²) in [6, 6.07) is 13.2. The summed E-state index contributed by atoms with van der Waals surface area (Å²) in [6.07, 6.45) is 0. The Morgan fingerprint density at radius 1 is 0.957 bits per heavy atom. The number of hydrogen-bond acceptors (Lipinski definition) is 5. The average Bonchev–Trinajstić information content (AvgIpc) is 2.59. The molecule has 2 N–H and O–H groups in total. The Morgan fingerprint density at radius 2 is 1.48 bits per heavy atom. The first-order valence-corrected chi connectivity index (χ1v) is 6.83. The third-order valence-electron chi connectivity index (χ3n) is 3.21. The highest BCUT2D eigenvalue weighted by Gasteiger charge is 2.05. The summed E-state index contributed by atoms with van der Waals surface area (Å²) >= 11 is 0. The van der Waals surface area contributed by atoms with E-state index >= 15 is 0 Å². The van der Waals surface area contributed by atoms with Crippen LogP contribution in [0.25, 0.3) is 0 Å². The molecule has 6 heteroatoms. The topological polar surface area (TPSA) is 88.0 Å². The van der Waals surface area contributed by atoms with E-state index in [1.165, 1.54) is 19.2 Å². The van der Waals surface area contributed by atoms with Gasteiger partial charge in [0.25, 0.3) is 0 Å². The van der Waals surface area contributed by atoms with Gasteiger partial charge in [-0.25, -0.2) is 9.59 Å². The Hall–Kier alpha value is -3.15. The molecule has 0 atom stereocenters. The molecule has 0 aliphatic heterocycles. The van der Waals surface area contributed by atoms with Crippen LogP contribution in [0.1, 0.15) is 33.2 Å². The second kappa shape index (κ2) is 7.22. The summed E-state index contributed by atoms with van der Waals surface area (Å²) in [5.41, 5.74) is 5.81. The summed E-state index contributed by atoms with van der Waals surface area (Å²) in [5, 5.41) is 13.1. The minimum atomic E-state index is -0.970. The molecule has 0 aromatic heterocycles. The third kappa shape index (κ3) is 4.16. The molecule has 2 aromatic carbocycles. The molecule has 0 saturated carbocycles. The average molecular weight is 312 g/mol. The van der Waals surface area contributed by atoms with E-state index in [1.54, 1.807) is 36.4 Å². The van der Waals surface area contributed by atoms with Gasteiger partial charge in [0.05, 0.1) is 29.6 Å². The number of rotatable bonds is 5. The van der Waals surface area contributed by atoms with Crippen molar-refractivity contribution in [3.63, 3.8) is 0 Å². The molecule has 23 heavy (non-hydrogen) atoms. The zero-order valence-corrected chi connectivity index (χ0v) is 12.7. The number of nitrogens with one attached hydrogen (secondary N) is 1. The summed E-state index contributed by atoms with van der Waals surface area (Å²) in [4.78, 5) is 22.2. The quantitative estimate of drug-likeness (QED) is 0.503. The van der Waals surface area contributed by atoms with Gasteiger partial charge >= 0.3 is 11.9 Å². The Labute approximate surface area is 133 Å². The van der Waals surface area contributed by atoms with Crippen LogP contribution in [0.5, 0.6) is 0 Å². The van der Waals surface area contributed by atoms with Crippen molar-refractivity contribution in [3.8, 4) is 0 Å². The molecule has 0 fully saturated rings. The minimum Gasteiger partial charge on any atom is -0.478 e. The number of hydrogen-bond donors (Lipinski definition) is 2. The number of hydrazone groups is 1. The number of carboxylic acid groups (broad SMARTS) is 1. The molecule has 118 valence electrons. The molecule has 0 amide bonds. The summed E-state index contributed by atoms with van der Waals surface area (Å²) in [7, 11) is 1.34. The summed E-state index contributed by atoms with van der Waals surface area (Å²) in [5.74, 6) is -1.36. The number of carbonyl (C=O) groups is 2. The molecular weight excluding hydrogens is 296 g/mol. The van der Waals surface area contributed by atoms with E-state index in [0.717, 1.165) is 11.3 Å². The first-order valence-electron chi connectivity index (χ1n) is 6.83. The molecule has 2 rings (SSSR count). The van der Waals surface area contributed by atoms with Gasteiger partial charge in [-0.05, 0) is 48.9 Å². The monoisotopic (exact) mass is 312 g/mol. The van der Waals surface area contributed by atoms with Crippen molar-refractivity contribution in [2.45, 2.75) is 6.92 Å². The van der Waals surface area contributed by atoms with Gasteiger partial charge in [-0.3, -0.25) is 5.43 Å². The van der Waals surface area contributed by atoms with Crippen molar-refractivity contribution in [2.75, 3.05) is 12.5 Å². The number of aromatic carboxylic acids is 1. The van der Waals surface area contributed by atoms with E-state index < -0.39 is 5.97 Å². The number of methoxy groups -OCH3 is 1. The molecule has 2 aromatic rings. The van der Waals surface area contributed by atoms with Gasteiger partial charge in [-0.2, -0.15) is 5.10 Å². The van der Waals surface area contributed by atoms with E-state index in [0.29, 0.717) is 11.3 Å². The number of esters is 1. The molecule has 0 spiro atoms. The van der Waals surface area contributed by atoms with Crippen LogP contribution in [0.2, 0.25) is 0 Å². The molecule has 6 nitrogen and oxygen atoms in total. The van der Waals surface area contributed by atoms with Gasteiger partial charge < -0.3 is 9.84 Å². The lowest BCUT2D eigenvalue weighted by Crippen LogP contribution is -2.03. The zero-order chi connectivity index (χ0) is 16.8. The molecule has 0 saturated heterocycles. The van der Waals surface area contributed by atoms with Gasteiger partial charge in [0.15, 0.2) is 0 Å². The molecule has 0 aliphatic carbocycles. The molecular formula is C17H16N2O4. The highest BCUT2D eigenvalue weighted by Crippen LogP contribution is 2.11. The highest BCUT2D eigenvalue weighted by atomic mass is 16.5. The van der Waals surface area contributed by atoms with Gasteiger partial charge in [0.1, 0.15) is 0 Å². The van der Waals surface area contributed by atoms with Gasteiger partial charge in [0.2, 0.25) is 0 Å². The normalized spacial score (nSPS) is 11.0. The van der Waals surface area contributed by atoms with Crippen LogP contribution in [0, 0.1) is 0 Å². The largest absolute Gasteiger partial charge is 0.478 e. The van der Waals surface area contributed by atoms with Crippen molar-refractivity contribution in [3.05, 3.63) is 65.2 Å². The van der Waals surface area contributed by atoms with Crippen molar-refractivity contribution < 1.29 is 19.4 Å². The van der Waals surface area contributed by atoms with E-state index in [4.69, 9.17) is 5.11 Å². The maximum absolute atomic E-state index is 11.4. The molecule has 0 aliphatic rings. The number of anilines is 1. The fourth-order valence-corrected chi connectivity index (χ4v) is 1.87. The first-order chi connectivity index (χ1) is 11.0. The summed E-state index contributed by atoms with van der Waals surface area (Å²) in [6.45, 7) is 1.83. The number of carboxylic acids is 1. The molecule has 0 heterocycles. The van der Waals surface area contributed by atoms with Crippen LogP contribution in [0.3, 0.4) is 0 Å². The second-order valence-corrected chi connectivity index (χ2v) is 4.76. The number of benzene rings is 2. The number of carbonyl (C=O) groups excluding carboxylic acids is 1. The maximum atomic E-state index is 11.4. The zero-order valence-electron chi connectivity index (χ0n) is 12.7. The first kappa shape index (κ1) is 16.2. The smallest absolute Gasteiger partial charge is 0.337 e. The van der Waals surface area contributed by atoms with Crippen LogP contribution in [-0.4, -0.2) is 29.9 Å². The predicted molar refractivity (Wildman–Crippen MR) is 87.0 cm³/mol. The van der Waals surface area contributed by atoms with Crippen LogP contribution in [0.4, 0.5) is 5.69 Å². The Morgan fingerprint density at radius 3 is 2.00 bits per heavy atom. The number of nitrogens with zero attached hydrogens (tertiary/aromatic N) is 1. The lowest BCUT2D eigenvalue weighted by molar-refractivity contribution is 0.0599. The van der Waals surface area contributed by atoms with E-state index in [2.05, 4.69) is 15.3 Å². The fourth-order valence-electron chi connectivity index (χ4n) is 1.87. The maximum Gasteiger partial charge on any atom is 0.337 e. The third-order valence-corrected chi connectivity index (χ3v) is 3.21. The van der Waals surface area contributed by atoms with Gasteiger partial charge in [-0.15, -0.1) is 0 Å². The van der Waals surface area contributed by atoms with Crippen molar-refractivity contribution >= 4 is 23.3 Å². The number of ether oxygens (including phenoxy) is 1. The van der Waals surface area contributed by atoms with Crippen LogP contribution < -0.4 is 5.43 Å². The lowest BCUT2D eigenvalue weighted by Gasteiger charge is -2.05. The Balaban J connectivity index is 2.07. The van der Waals surface area contributed by atoms with E-state index in [9.17, 15) is 9.59 Å². The standard InChI is InChI=1S/C17H16N2O4/c1-11(12-3-5-14(6-4-12)17(22)23-2)18-19-15-9-7-13(8-10-15)16(20)21/h3-10,19H,1-2H3,(H,20,21)/b18-11+. The lowest BCUT2D eigenvalue weighted by atomic mass is 10.1. The van der Waals surface area contributed by atoms with E-state index in [-0.39, 0.29) is 11.5 Å². The Kier molecular flexibility index (Phi) is 5.09. The van der Waals surface area contributed by atoms with Gasteiger partial charge in [0, 0.05) is 0 Å².